The maximum Gasteiger partial charge on any atom is 0.416 e. The van der Waals surface area contributed by atoms with Crippen LogP contribution in [-0.4, -0.2) is 29.5 Å². The van der Waals surface area contributed by atoms with Crippen LogP contribution in [0.1, 0.15) is 175 Å². The van der Waals surface area contributed by atoms with E-state index in [0.29, 0.717) is 17.9 Å². The molecule has 1 heterocycles. The molecule has 0 N–H and O–H groups in total. The molecule has 5 nitrogen and oxygen atoms in total. The number of hydrogen-bond donors (Lipinski definition) is 0. The number of unbranched alkanes of at least 4 members (excludes halogenated alkanes) is 15. The summed E-state index contributed by atoms with van der Waals surface area (Å²) in [4.78, 5) is 29.1. The number of ether oxygens (including phenoxy) is 1. The molecule has 0 aliphatic rings. The van der Waals surface area contributed by atoms with E-state index >= 15 is 0 Å². The number of carbonyl (C=O) groups is 2. The van der Waals surface area contributed by atoms with Gasteiger partial charge < -0.3 is 4.74 Å². The van der Waals surface area contributed by atoms with Crippen LogP contribution in [0.25, 0.3) is 0 Å². The summed E-state index contributed by atoms with van der Waals surface area (Å²) in [6.07, 6.45) is -29.1. The minimum atomic E-state index is -6.13. The first kappa shape index (κ1) is 76.4. The fourth-order valence-corrected chi connectivity index (χ4v) is 10.5. The largest absolute Gasteiger partial charge is 0.458 e. The number of ketones is 1. The second-order valence-corrected chi connectivity index (χ2v) is 22.0. The average molecular weight is 1360 g/mol. The Labute approximate surface area is 517 Å². The zero-order valence-electron chi connectivity index (χ0n) is 49.0. The Bertz CT molecular complexity index is 2980. The highest BCUT2D eigenvalue weighted by Gasteiger charge is 2.47. The lowest BCUT2D eigenvalue weighted by molar-refractivity contribution is -0.686. The van der Waals surface area contributed by atoms with Gasteiger partial charge in [-0.1, -0.05) is 182 Å². The Morgan fingerprint density at radius 1 is 0.387 bits per heavy atom. The molecule has 0 unspecified atom stereocenters. The van der Waals surface area contributed by atoms with Gasteiger partial charge in [0.05, 0.1) is 57.3 Å². The van der Waals surface area contributed by atoms with Crippen LogP contribution in [-0.2, 0) is 60.7 Å². The molecule has 93 heavy (non-hydrogen) atoms. The van der Waals surface area contributed by atoms with Crippen LogP contribution in [0.15, 0.2) is 122 Å². The lowest BCUT2D eigenvalue weighted by Crippen LogP contribution is -2.75. The van der Waals surface area contributed by atoms with Gasteiger partial charge in [-0.2, -0.15) is 132 Å². The number of halogens is 24. The van der Waals surface area contributed by atoms with E-state index in [0.717, 1.165) is 12.8 Å². The van der Waals surface area contributed by atoms with Crippen molar-refractivity contribution in [2.45, 2.75) is 166 Å². The van der Waals surface area contributed by atoms with Crippen molar-refractivity contribution in [1.29, 1.82) is 0 Å². The number of benzene rings is 5. The zero-order chi connectivity index (χ0) is 69.6. The van der Waals surface area contributed by atoms with E-state index in [1.165, 1.54) is 96.1 Å². The van der Waals surface area contributed by atoms with Crippen molar-refractivity contribution in [1.82, 2.24) is 4.98 Å². The lowest BCUT2D eigenvalue weighted by atomic mass is 9.12. The predicted molar refractivity (Wildman–Crippen MR) is 295 cm³/mol. The molecule has 0 fully saturated rings. The number of alkyl halides is 24. The summed E-state index contributed by atoms with van der Waals surface area (Å²) in [6.45, 7) is 2.75. The van der Waals surface area contributed by atoms with Crippen LogP contribution in [0.2, 0.25) is 0 Å². The number of Topliss-reactive ketones (excluding diaryl/α,β-unsaturated/α-hetero) is 1. The van der Waals surface area contributed by atoms with Crippen molar-refractivity contribution in [3.05, 3.63) is 177 Å². The third kappa shape index (κ3) is 21.9. The molecule has 1 aromatic heterocycles. The minimum absolute atomic E-state index is 0.0568. The second kappa shape index (κ2) is 31.3. The van der Waals surface area contributed by atoms with E-state index < -0.39 is 201 Å². The van der Waals surface area contributed by atoms with E-state index in [-0.39, 0.29) is 12.3 Å². The summed E-state index contributed by atoms with van der Waals surface area (Å²) in [5, 5.41) is 0. The number of hydrogen-bond acceptors (Lipinski definition) is 4. The molecule has 0 atom stereocenters. The summed E-state index contributed by atoms with van der Waals surface area (Å²) in [5.74, 6) is -0.483. The monoisotopic (exact) mass is 1360 g/mol. The highest BCUT2D eigenvalue weighted by atomic mass is 19.4. The number of aromatic nitrogens is 2. The van der Waals surface area contributed by atoms with Crippen LogP contribution < -0.4 is 26.4 Å². The highest BCUT2D eigenvalue weighted by Crippen LogP contribution is 2.42. The van der Waals surface area contributed by atoms with Gasteiger partial charge in [-0.05, 0) is 30.7 Å². The predicted octanol–water partition coefficient (Wildman–Crippen LogP) is 18.9. The third-order valence-electron chi connectivity index (χ3n) is 15.1. The fourth-order valence-electron chi connectivity index (χ4n) is 10.5. The summed E-state index contributed by atoms with van der Waals surface area (Å²) in [7, 11) is 0. The average Bonchev–Trinajstić information content (AvgIpc) is 0.709. The van der Waals surface area contributed by atoms with E-state index in [1.54, 1.807) is 29.1 Å². The molecule has 6 rings (SSSR count). The van der Waals surface area contributed by atoms with Gasteiger partial charge in [0.2, 0.25) is 12.3 Å². The lowest BCUT2D eigenvalue weighted by Gasteiger charge is -2.46. The van der Waals surface area contributed by atoms with Crippen molar-refractivity contribution in [3.63, 3.8) is 0 Å². The van der Waals surface area contributed by atoms with Crippen molar-refractivity contribution in [2.75, 3.05) is 6.61 Å². The smallest absolute Gasteiger partial charge is 0.416 e. The molecule has 0 saturated carbocycles. The van der Waals surface area contributed by atoms with Crippen LogP contribution >= 0.6 is 0 Å². The number of nitrogens with zero attached hydrogens (tertiary/aromatic N) is 2. The molecule has 0 amide bonds. The molecule has 510 valence electrons. The fraction of sp³-hybridized carbons (Fsp3) is 0.429. The molecule has 0 bridgehead atoms. The van der Waals surface area contributed by atoms with Gasteiger partial charge >= 0.3 is 61.1 Å². The first-order chi connectivity index (χ1) is 43.0. The maximum atomic E-state index is 14.2. The SMILES string of the molecule is CCCCCCCCCCCCCCCCCCOC(=O)c1cncc[n+]1CC(=O)c1ccccc1.FC(F)(F)c1cc([B-](c2cc(C(F)(F)F)cc(C(F)(F)F)c2)(c2cc(C(F)(F)F)cc(C(F)(F)F)c2)c2cc(C(F)(F)F)cc(C(F)(F)F)c2)cc(C(F)(F)F)c1. The minimum Gasteiger partial charge on any atom is -0.458 e. The maximum absolute atomic E-state index is 14.2. The Kier molecular flexibility index (Phi) is 25.7. The summed E-state index contributed by atoms with van der Waals surface area (Å²) < 4.78 is 348. The van der Waals surface area contributed by atoms with Gasteiger partial charge in [0.15, 0.2) is 6.20 Å². The summed E-state index contributed by atoms with van der Waals surface area (Å²) in [6, 6.07) is 0.279. The Morgan fingerprint density at radius 3 is 0.925 bits per heavy atom. The zero-order valence-corrected chi connectivity index (χ0v) is 49.0. The van der Waals surface area contributed by atoms with Gasteiger partial charge in [0.25, 0.3) is 0 Å². The first-order valence-corrected chi connectivity index (χ1v) is 28.9. The quantitative estimate of drug-likeness (QED) is 0.0143. The molecule has 30 heteroatoms. The number of carbonyl (C=O) groups excluding carboxylic acids is 2. The number of rotatable bonds is 25. The topological polar surface area (TPSA) is 60.1 Å². The molecule has 6 aromatic rings. The van der Waals surface area contributed by atoms with E-state index in [9.17, 15) is 115 Å². The Balaban J connectivity index is 0.000000374. The molecule has 0 spiro atoms. The summed E-state index contributed by atoms with van der Waals surface area (Å²) >= 11 is 0. The van der Waals surface area contributed by atoms with Crippen LogP contribution in [0.4, 0.5) is 105 Å². The first-order valence-electron chi connectivity index (χ1n) is 28.9. The van der Waals surface area contributed by atoms with Gasteiger partial charge in [0.1, 0.15) is 12.3 Å². The van der Waals surface area contributed by atoms with Crippen LogP contribution in [0.3, 0.4) is 0 Å². The van der Waals surface area contributed by atoms with E-state index in [2.05, 4.69) is 11.9 Å². The molecular formula is C63H59BF24N2O3. The van der Waals surface area contributed by atoms with Gasteiger partial charge in [0, 0.05) is 5.56 Å². The van der Waals surface area contributed by atoms with Gasteiger partial charge in [-0.3, -0.25) is 9.78 Å². The highest BCUT2D eigenvalue weighted by molar-refractivity contribution is 7.20. The van der Waals surface area contributed by atoms with Crippen molar-refractivity contribution in [2.24, 2.45) is 0 Å². The van der Waals surface area contributed by atoms with Crippen LogP contribution in [0.5, 0.6) is 0 Å². The molecular weight excluding hydrogens is 1300 g/mol. The van der Waals surface area contributed by atoms with E-state index in [4.69, 9.17) is 4.74 Å². The van der Waals surface area contributed by atoms with Crippen molar-refractivity contribution in [3.8, 4) is 0 Å². The molecule has 0 aliphatic heterocycles. The normalized spacial score (nSPS) is 13.0. The van der Waals surface area contributed by atoms with Crippen molar-refractivity contribution >= 4 is 39.7 Å². The molecule has 0 radical (unpaired) electrons. The van der Waals surface area contributed by atoms with Crippen molar-refractivity contribution < 1.29 is 124 Å². The summed E-state index contributed by atoms with van der Waals surface area (Å²) in [5.41, 5.74) is -29.3. The molecule has 0 aliphatic carbocycles. The second-order valence-electron chi connectivity index (χ2n) is 22.0. The van der Waals surface area contributed by atoms with Gasteiger partial charge in [-0.15, -0.1) is 0 Å². The Hall–Kier alpha value is -7.30. The van der Waals surface area contributed by atoms with Gasteiger partial charge in [-0.25, -0.2) is 4.79 Å². The standard InChI is InChI=1S/C32H12BF24.C31H47N2O3/c34-25(35,36)13-1-14(26(37,38)39)6-21(5-13)33(22-7-15(27(40,41)42)2-16(8-22)28(43,44)45,23-9-17(29(46,47)48)3-18(10-23)30(49,50)51)24-11-19(31(52,53)54)4-20(12-24)32(55,56)57;1-2-3-4-5-6-7-8-9-10-11-12-13-14-15-16-20-25-36-31(35)29-26-32-23-24-33(29)27-30(34)28-21-18-17-19-22-28/h1-12H;17-19,21-24,26H,2-16,20,25,27H2,1H3/q-1;+1. The Morgan fingerprint density at radius 2 is 0.656 bits per heavy atom. The number of esters is 1. The molecule has 5 aromatic carbocycles. The third-order valence-corrected chi connectivity index (χ3v) is 15.1. The molecule has 0 saturated heterocycles. The van der Waals surface area contributed by atoms with E-state index in [1.807, 2.05) is 18.2 Å². The van der Waals surface area contributed by atoms with Crippen LogP contribution in [0, 0.1) is 0 Å².